The second kappa shape index (κ2) is 7.99. The van der Waals surface area contributed by atoms with Gasteiger partial charge >= 0.3 is 0 Å². The van der Waals surface area contributed by atoms with E-state index in [1.807, 2.05) is 50.2 Å². The summed E-state index contributed by atoms with van der Waals surface area (Å²) in [7, 11) is 0. The normalized spacial score (nSPS) is 10.6. The lowest BCUT2D eigenvalue weighted by atomic mass is 10.2. The summed E-state index contributed by atoms with van der Waals surface area (Å²) in [4.78, 5) is 16.4. The van der Waals surface area contributed by atoms with Crippen molar-refractivity contribution in [1.82, 2.24) is 10.3 Å². The molecule has 0 unspecified atom stereocenters. The average Bonchev–Trinajstić information content (AvgIpc) is 2.95. The lowest BCUT2D eigenvalue weighted by Gasteiger charge is -2.08. The third kappa shape index (κ3) is 4.69. The molecule has 0 atom stereocenters. The first-order valence-corrected chi connectivity index (χ1v) is 9.38. The van der Waals surface area contributed by atoms with Crippen LogP contribution in [0.2, 0.25) is 5.02 Å². The quantitative estimate of drug-likeness (QED) is 0.627. The zero-order valence-corrected chi connectivity index (χ0v) is 16.5. The van der Waals surface area contributed by atoms with E-state index in [2.05, 4.69) is 15.6 Å². The standard InChI is InChI=1S/C18H16ClN3O2S2/c1-10-3-5-12(6-4-10)24-9-16(23)21-17(25)22-18-20-14-8-13(19)11(2)7-15(14)26-18/h3-8H,9H2,1-2H3,(H2,20,21,22,23,25). The fourth-order valence-electron chi connectivity index (χ4n) is 2.18. The van der Waals surface area contributed by atoms with Crippen molar-refractivity contribution in [1.29, 1.82) is 0 Å². The molecule has 5 nitrogen and oxygen atoms in total. The Kier molecular flexibility index (Phi) is 5.70. The van der Waals surface area contributed by atoms with E-state index in [0.717, 1.165) is 21.3 Å². The molecule has 0 aliphatic carbocycles. The maximum atomic E-state index is 11.9. The van der Waals surface area contributed by atoms with E-state index in [-0.39, 0.29) is 17.6 Å². The molecule has 0 saturated heterocycles. The zero-order valence-electron chi connectivity index (χ0n) is 14.1. The average molecular weight is 406 g/mol. The molecule has 0 bridgehead atoms. The number of rotatable bonds is 4. The Hall–Kier alpha value is -2.22. The molecule has 0 radical (unpaired) electrons. The summed E-state index contributed by atoms with van der Waals surface area (Å²) < 4.78 is 6.41. The molecule has 0 saturated carbocycles. The van der Waals surface area contributed by atoms with Crippen molar-refractivity contribution in [3.05, 3.63) is 52.5 Å². The molecule has 1 aromatic heterocycles. The number of aromatic nitrogens is 1. The highest BCUT2D eigenvalue weighted by molar-refractivity contribution is 7.80. The van der Waals surface area contributed by atoms with E-state index < -0.39 is 0 Å². The van der Waals surface area contributed by atoms with Crippen LogP contribution < -0.4 is 15.4 Å². The smallest absolute Gasteiger partial charge is 0.264 e. The van der Waals surface area contributed by atoms with Gasteiger partial charge in [-0.3, -0.25) is 10.1 Å². The molecule has 0 aliphatic rings. The molecule has 2 aromatic carbocycles. The van der Waals surface area contributed by atoms with Crippen molar-refractivity contribution < 1.29 is 9.53 Å². The van der Waals surface area contributed by atoms with E-state index in [1.165, 1.54) is 11.3 Å². The Morgan fingerprint density at radius 3 is 2.73 bits per heavy atom. The molecular weight excluding hydrogens is 390 g/mol. The van der Waals surface area contributed by atoms with E-state index >= 15 is 0 Å². The molecule has 8 heteroatoms. The molecule has 3 rings (SSSR count). The number of thiazole rings is 1. The van der Waals surface area contributed by atoms with Gasteiger partial charge in [-0.05, 0) is 55.9 Å². The first kappa shape index (κ1) is 18.6. The van der Waals surface area contributed by atoms with Crippen molar-refractivity contribution in [2.75, 3.05) is 11.9 Å². The summed E-state index contributed by atoms with van der Waals surface area (Å²) in [5, 5.41) is 6.91. The predicted molar refractivity (Wildman–Crippen MR) is 110 cm³/mol. The fraction of sp³-hybridized carbons (Fsp3) is 0.167. The number of ether oxygens (including phenoxy) is 1. The lowest BCUT2D eigenvalue weighted by Crippen LogP contribution is -2.37. The highest BCUT2D eigenvalue weighted by Gasteiger charge is 2.10. The number of hydrogen-bond acceptors (Lipinski definition) is 5. The van der Waals surface area contributed by atoms with E-state index in [4.69, 9.17) is 28.6 Å². The maximum Gasteiger partial charge on any atom is 0.264 e. The minimum atomic E-state index is -0.344. The molecule has 2 N–H and O–H groups in total. The number of anilines is 1. The van der Waals surface area contributed by atoms with Gasteiger partial charge in [-0.2, -0.15) is 0 Å². The van der Waals surface area contributed by atoms with E-state index in [0.29, 0.717) is 15.9 Å². The summed E-state index contributed by atoms with van der Waals surface area (Å²) in [5.74, 6) is 0.283. The first-order valence-electron chi connectivity index (χ1n) is 7.78. The second-order valence-electron chi connectivity index (χ2n) is 5.69. The predicted octanol–water partition coefficient (Wildman–Crippen LogP) is 4.46. The van der Waals surface area contributed by atoms with Crippen LogP contribution in [0.15, 0.2) is 36.4 Å². The van der Waals surface area contributed by atoms with Gasteiger partial charge in [0.15, 0.2) is 16.9 Å². The van der Waals surface area contributed by atoms with Crippen LogP contribution in [0.25, 0.3) is 10.2 Å². The Labute approximate surface area is 165 Å². The van der Waals surface area contributed by atoms with Gasteiger partial charge in [0, 0.05) is 5.02 Å². The lowest BCUT2D eigenvalue weighted by molar-refractivity contribution is -0.121. The number of amides is 1. The third-order valence-electron chi connectivity index (χ3n) is 3.53. The van der Waals surface area contributed by atoms with Gasteiger partial charge < -0.3 is 10.1 Å². The minimum Gasteiger partial charge on any atom is -0.484 e. The van der Waals surface area contributed by atoms with E-state index in [1.54, 1.807) is 0 Å². The number of hydrogen-bond donors (Lipinski definition) is 2. The molecule has 134 valence electrons. The summed E-state index contributed by atoms with van der Waals surface area (Å²) >= 11 is 12.7. The minimum absolute atomic E-state index is 0.125. The molecule has 0 spiro atoms. The number of nitrogens with one attached hydrogen (secondary N) is 2. The maximum absolute atomic E-state index is 11.9. The number of benzene rings is 2. The van der Waals surface area contributed by atoms with Crippen molar-refractivity contribution >= 4 is 61.5 Å². The van der Waals surface area contributed by atoms with Crippen LogP contribution in [0, 0.1) is 13.8 Å². The van der Waals surface area contributed by atoms with Crippen LogP contribution >= 0.6 is 35.2 Å². The Morgan fingerprint density at radius 2 is 2.00 bits per heavy atom. The summed E-state index contributed by atoms with van der Waals surface area (Å²) in [6.07, 6.45) is 0. The van der Waals surface area contributed by atoms with Crippen LogP contribution in [-0.2, 0) is 4.79 Å². The van der Waals surface area contributed by atoms with Gasteiger partial charge in [0.2, 0.25) is 0 Å². The van der Waals surface area contributed by atoms with E-state index in [9.17, 15) is 4.79 Å². The number of aryl methyl sites for hydroxylation is 2. The molecule has 0 fully saturated rings. The third-order valence-corrected chi connectivity index (χ3v) is 5.08. The van der Waals surface area contributed by atoms with Crippen LogP contribution in [-0.4, -0.2) is 22.6 Å². The summed E-state index contributed by atoms with van der Waals surface area (Å²) in [6, 6.07) is 11.2. The van der Waals surface area contributed by atoms with Gasteiger partial charge in [0.25, 0.3) is 5.91 Å². The molecule has 1 amide bonds. The second-order valence-corrected chi connectivity index (χ2v) is 7.54. The van der Waals surface area contributed by atoms with Gasteiger partial charge in [-0.15, -0.1) is 0 Å². The SMILES string of the molecule is Cc1ccc(OCC(=O)NC(=S)Nc2nc3cc(Cl)c(C)cc3s2)cc1. The fourth-order valence-corrected chi connectivity index (χ4v) is 3.56. The van der Waals surface area contributed by atoms with Gasteiger partial charge in [-0.1, -0.05) is 40.6 Å². The molecule has 3 aromatic rings. The Bertz CT molecular complexity index is 931. The number of fused-ring (bicyclic) bond motifs is 1. The first-order chi connectivity index (χ1) is 12.4. The van der Waals surface area contributed by atoms with Crippen LogP contribution in [0.5, 0.6) is 5.75 Å². The monoisotopic (exact) mass is 405 g/mol. The van der Waals surface area contributed by atoms with Gasteiger partial charge in [0.05, 0.1) is 10.2 Å². The van der Waals surface area contributed by atoms with Crippen molar-refractivity contribution in [2.24, 2.45) is 0 Å². The zero-order chi connectivity index (χ0) is 18.7. The topological polar surface area (TPSA) is 63.2 Å². The number of thiocarbonyl (C=S) groups is 1. The van der Waals surface area contributed by atoms with Crippen molar-refractivity contribution in [3.8, 4) is 5.75 Å². The molecule has 26 heavy (non-hydrogen) atoms. The highest BCUT2D eigenvalue weighted by Crippen LogP contribution is 2.30. The molecule has 0 aliphatic heterocycles. The van der Waals surface area contributed by atoms with Gasteiger partial charge in [-0.25, -0.2) is 4.98 Å². The van der Waals surface area contributed by atoms with Crippen molar-refractivity contribution in [3.63, 3.8) is 0 Å². The summed E-state index contributed by atoms with van der Waals surface area (Å²) in [5.41, 5.74) is 2.89. The largest absolute Gasteiger partial charge is 0.484 e. The van der Waals surface area contributed by atoms with Crippen LogP contribution in [0.4, 0.5) is 5.13 Å². The number of carbonyl (C=O) groups is 1. The summed E-state index contributed by atoms with van der Waals surface area (Å²) in [6.45, 7) is 3.80. The van der Waals surface area contributed by atoms with Crippen molar-refractivity contribution in [2.45, 2.75) is 13.8 Å². The number of halogens is 1. The molecular formula is C18H16ClN3O2S2. The van der Waals surface area contributed by atoms with Crippen LogP contribution in [0.1, 0.15) is 11.1 Å². The van der Waals surface area contributed by atoms with Gasteiger partial charge in [0.1, 0.15) is 5.75 Å². The Morgan fingerprint density at radius 1 is 1.27 bits per heavy atom. The highest BCUT2D eigenvalue weighted by atomic mass is 35.5. The molecule has 1 heterocycles. The number of carbonyl (C=O) groups excluding carboxylic acids is 1. The number of nitrogens with zero attached hydrogens (tertiary/aromatic N) is 1. The van der Waals surface area contributed by atoms with Crippen LogP contribution in [0.3, 0.4) is 0 Å². The Balaban J connectivity index is 1.54.